The van der Waals surface area contributed by atoms with Crippen LogP contribution in [0.2, 0.25) is 0 Å². The van der Waals surface area contributed by atoms with E-state index in [0.717, 1.165) is 13.0 Å². The highest BCUT2D eigenvalue weighted by Crippen LogP contribution is 2.11. The molecular formula is C9H13NO7. The molecule has 0 spiro atoms. The summed E-state index contributed by atoms with van der Waals surface area (Å²) >= 11 is 0. The van der Waals surface area contributed by atoms with E-state index in [9.17, 15) is 19.7 Å². The zero-order chi connectivity index (χ0) is 13.5. The van der Waals surface area contributed by atoms with Crippen molar-refractivity contribution in [3.63, 3.8) is 0 Å². The van der Waals surface area contributed by atoms with Crippen molar-refractivity contribution in [2.75, 3.05) is 19.8 Å². The zero-order valence-corrected chi connectivity index (χ0v) is 9.25. The van der Waals surface area contributed by atoms with E-state index in [1.807, 2.05) is 0 Å². The maximum absolute atomic E-state index is 10.8. The van der Waals surface area contributed by atoms with E-state index in [1.54, 1.807) is 0 Å². The van der Waals surface area contributed by atoms with Crippen LogP contribution in [0.3, 0.4) is 0 Å². The molecule has 17 heavy (non-hydrogen) atoms. The second-order valence-electron chi connectivity index (χ2n) is 3.23. The Morgan fingerprint density at radius 1 is 1.47 bits per heavy atom. The fourth-order valence-electron chi connectivity index (χ4n) is 0.796. The first-order valence-electron chi connectivity index (χ1n) is 4.56. The van der Waals surface area contributed by atoms with Crippen LogP contribution < -0.4 is 0 Å². The van der Waals surface area contributed by atoms with E-state index in [0.29, 0.717) is 0 Å². The number of carbonyl (C=O) groups excluding carboxylic acids is 2. The predicted octanol–water partition coefficient (Wildman–Crippen LogP) is -0.713. The molecule has 0 aromatic rings. The van der Waals surface area contributed by atoms with Gasteiger partial charge in [-0.25, -0.2) is 4.79 Å². The topological polar surface area (TPSA) is 116 Å². The van der Waals surface area contributed by atoms with Gasteiger partial charge >= 0.3 is 17.5 Å². The van der Waals surface area contributed by atoms with E-state index in [4.69, 9.17) is 5.11 Å². The standard InChI is InChI=1S/C9H13NO7/c1-3-8(13)17-6-9(4-11,10(14)15)5-16-7(2)12/h3,11H,1,4-6H2,2H3. The van der Waals surface area contributed by atoms with Gasteiger partial charge in [0.2, 0.25) is 0 Å². The molecule has 0 rings (SSSR count). The fraction of sp³-hybridized carbons (Fsp3) is 0.556. The van der Waals surface area contributed by atoms with Gasteiger partial charge in [-0.15, -0.1) is 0 Å². The quantitative estimate of drug-likeness (QED) is 0.273. The molecule has 0 radical (unpaired) electrons. The van der Waals surface area contributed by atoms with Crippen LogP contribution in [0.4, 0.5) is 0 Å². The van der Waals surface area contributed by atoms with Gasteiger partial charge in [-0.1, -0.05) is 6.58 Å². The number of hydrogen-bond donors (Lipinski definition) is 1. The first-order valence-corrected chi connectivity index (χ1v) is 4.56. The molecule has 0 heterocycles. The highest BCUT2D eigenvalue weighted by atomic mass is 16.6. The van der Waals surface area contributed by atoms with Crippen molar-refractivity contribution in [3.8, 4) is 0 Å². The van der Waals surface area contributed by atoms with Crippen molar-refractivity contribution in [1.29, 1.82) is 0 Å². The van der Waals surface area contributed by atoms with Crippen molar-refractivity contribution in [1.82, 2.24) is 0 Å². The van der Waals surface area contributed by atoms with Gasteiger partial charge in [0.05, 0.1) is 0 Å². The van der Waals surface area contributed by atoms with Gasteiger partial charge in [0.25, 0.3) is 0 Å². The van der Waals surface area contributed by atoms with Gasteiger partial charge in [0.15, 0.2) is 13.2 Å². The van der Waals surface area contributed by atoms with Crippen LogP contribution in [-0.2, 0) is 19.1 Å². The SMILES string of the molecule is C=CC(=O)OCC(CO)(COC(C)=O)[N+](=O)[O-]. The molecule has 1 N–H and O–H groups in total. The molecule has 0 aromatic carbocycles. The molecule has 0 aliphatic carbocycles. The predicted molar refractivity (Wildman–Crippen MR) is 54.6 cm³/mol. The Bertz CT molecular complexity index is 327. The molecule has 0 aliphatic heterocycles. The third-order valence-corrected chi connectivity index (χ3v) is 1.88. The molecule has 0 saturated carbocycles. The number of nitrogens with zero attached hydrogens (tertiary/aromatic N) is 1. The molecule has 0 aromatic heterocycles. The highest BCUT2D eigenvalue weighted by Gasteiger charge is 2.45. The van der Waals surface area contributed by atoms with E-state index in [2.05, 4.69) is 16.1 Å². The summed E-state index contributed by atoms with van der Waals surface area (Å²) in [5.41, 5.74) is -2.05. The lowest BCUT2D eigenvalue weighted by Crippen LogP contribution is -2.51. The molecule has 8 heteroatoms. The number of carbonyl (C=O) groups is 2. The number of aliphatic hydroxyl groups is 1. The average molecular weight is 247 g/mol. The summed E-state index contributed by atoms with van der Waals surface area (Å²) in [7, 11) is 0. The lowest BCUT2D eigenvalue weighted by Gasteiger charge is -2.21. The maximum atomic E-state index is 10.8. The van der Waals surface area contributed by atoms with Crippen LogP contribution >= 0.6 is 0 Å². The van der Waals surface area contributed by atoms with Crippen molar-refractivity contribution in [3.05, 3.63) is 22.8 Å². The van der Waals surface area contributed by atoms with Gasteiger partial charge in [-0.05, 0) is 0 Å². The van der Waals surface area contributed by atoms with Crippen LogP contribution in [0.1, 0.15) is 6.92 Å². The average Bonchev–Trinajstić information content (AvgIpc) is 2.28. The highest BCUT2D eigenvalue weighted by molar-refractivity contribution is 5.81. The molecule has 8 nitrogen and oxygen atoms in total. The molecule has 1 atom stereocenters. The summed E-state index contributed by atoms with van der Waals surface area (Å²) < 4.78 is 8.96. The molecule has 0 saturated heterocycles. The Labute approximate surface area is 97.0 Å². The summed E-state index contributed by atoms with van der Waals surface area (Å²) in [5.74, 6) is -1.60. The second-order valence-corrected chi connectivity index (χ2v) is 3.23. The molecule has 0 fully saturated rings. The smallest absolute Gasteiger partial charge is 0.330 e. The van der Waals surface area contributed by atoms with E-state index in [1.165, 1.54) is 0 Å². The first kappa shape index (κ1) is 15.0. The normalized spacial score (nSPS) is 13.3. The Morgan fingerprint density at radius 3 is 2.35 bits per heavy atom. The minimum Gasteiger partial charge on any atom is -0.458 e. The first-order chi connectivity index (χ1) is 7.88. The van der Waals surface area contributed by atoms with Crippen molar-refractivity contribution in [2.45, 2.75) is 12.5 Å². The molecule has 1 unspecified atom stereocenters. The number of aliphatic hydroxyl groups excluding tert-OH is 1. The van der Waals surface area contributed by atoms with Crippen molar-refractivity contribution < 1.29 is 29.1 Å². The summed E-state index contributed by atoms with van der Waals surface area (Å²) in [6, 6.07) is 0. The Balaban J connectivity index is 4.69. The van der Waals surface area contributed by atoms with E-state index >= 15 is 0 Å². The Hall–Kier alpha value is -1.96. The van der Waals surface area contributed by atoms with Crippen LogP contribution in [0.5, 0.6) is 0 Å². The van der Waals surface area contributed by atoms with E-state index < -0.39 is 42.2 Å². The summed E-state index contributed by atoms with van der Waals surface area (Å²) in [5, 5.41) is 19.8. The Morgan fingerprint density at radius 2 is 2.00 bits per heavy atom. The molecular weight excluding hydrogens is 234 g/mol. The number of hydrogen-bond acceptors (Lipinski definition) is 7. The summed E-state index contributed by atoms with van der Waals surface area (Å²) in [6.45, 7) is 1.85. The minimum absolute atomic E-state index is 0.684. The third kappa shape index (κ3) is 4.60. The van der Waals surface area contributed by atoms with Gasteiger partial charge in [-0.2, -0.15) is 0 Å². The Kier molecular flexibility index (Phi) is 5.83. The number of ether oxygens (including phenoxy) is 2. The maximum Gasteiger partial charge on any atom is 0.330 e. The summed E-state index contributed by atoms with van der Waals surface area (Å²) in [6.07, 6.45) is 0.827. The third-order valence-electron chi connectivity index (χ3n) is 1.88. The van der Waals surface area contributed by atoms with Gasteiger partial charge in [-0.3, -0.25) is 14.9 Å². The summed E-state index contributed by atoms with van der Waals surface area (Å²) in [4.78, 5) is 31.3. The van der Waals surface area contributed by atoms with Crippen LogP contribution in [0.15, 0.2) is 12.7 Å². The molecule has 0 aliphatic rings. The second kappa shape index (κ2) is 6.59. The van der Waals surface area contributed by atoms with Crippen LogP contribution in [-0.4, -0.2) is 47.3 Å². The van der Waals surface area contributed by atoms with E-state index in [-0.39, 0.29) is 0 Å². The molecule has 0 bridgehead atoms. The number of esters is 2. The van der Waals surface area contributed by atoms with Crippen LogP contribution in [0.25, 0.3) is 0 Å². The fourth-order valence-corrected chi connectivity index (χ4v) is 0.796. The molecule has 0 amide bonds. The lowest BCUT2D eigenvalue weighted by atomic mass is 10.1. The minimum atomic E-state index is -2.05. The lowest BCUT2D eigenvalue weighted by molar-refractivity contribution is -0.579. The monoisotopic (exact) mass is 247 g/mol. The number of rotatable bonds is 7. The van der Waals surface area contributed by atoms with Crippen LogP contribution in [0, 0.1) is 10.1 Å². The van der Waals surface area contributed by atoms with Crippen molar-refractivity contribution >= 4 is 11.9 Å². The van der Waals surface area contributed by atoms with Crippen molar-refractivity contribution in [2.24, 2.45) is 0 Å². The van der Waals surface area contributed by atoms with Gasteiger partial charge in [0, 0.05) is 17.9 Å². The number of nitro groups is 1. The molecule has 96 valence electrons. The van der Waals surface area contributed by atoms with Gasteiger partial charge in [0.1, 0.15) is 6.61 Å². The largest absolute Gasteiger partial charge is 0.458 e. The zero-order valence-electron chi connectivity index (χ0n) is 9.25. The van der Waals surface area contributed by atoms with Gasteiger partial charge < -0.3 is 14.6 Å².